The SMILES string of the molecule is CCC1CN(C(=O)CCc2ccc(OC)cc2)CCC1N. The molecule has 1 aromatic carbocycles. The molecule has 4 heteroatoms. The van der Waals surface area contributed by atoms with E-state index < -0.39 is 0 Å². The molecule has 2 atom stereocenters. The predicted octanol–water partition coefficient (Wildman–Crippen LogP) is 2.21. The van der Waals surface area contributed by atoms with Crippen LogP contribution in [-0.4, -0.2) is 37.0 Å². The van der Waals surface area contributed by atoms with E-state index >= 15 is 0 Å². The Morgan fingerprint density at radius 2 is 2.10 bits per heavy atom. The zero-order valence-corrected chi connectivity index (χ0v) is 13.0. The molecular formula is C17H26N2O2. The number of piperidine rings is 1. The Bertz CT molecular complexity index is 458. The van der Waals surface area contributed by atoms with Crippen molar-refractivity contribution >= 4 is 5.91 Å². The number of hydrogen-bond donors (Lipinski definition) is 1. The average Bonchev–Trinajstić information content (AvgIpc) is 2.53. The molecule has 2 rings (SSSR count). The van der Waals surface area contributed by atoms with Crippen molar-refractivity contribution in [1.29, 1.82) is 0 Å². The van der Waals surface area contributed by atoms with Gasteiger partial charge in [0.15, 0.2) is 0 Å². The van der Waals surface area contributed by atoms with Gasteiger partial charge in [-0.15, -0.1) is 0 Å². The molecule has 2 unspecified atom stereocenters. The van der Waals surface area contributed by atoms with E-state index in [-0.39, 0.29) is 11.9 Å². The molecule has 116 valence electrons. The van der Waals surface area contributed by atoms with Gasteiger partial charge in [0.2, 0.25) is 5.91 Å². The summed E-state index contributed by atoms with van der Waals surface area (Å²) in [6, 6.07) is 8.17. The predicted molar refractivity (Wildman–Crippen MR) is 84.3 cm³/mol. The van der Waals surface area contributed by atoms with Gasteiger partial charge in [0, 0.05) is 25.6 Å². The largest absolute Gasteiger partial charge is 0.497 e. The van der Waals surface area contributed by atoms with Gasteiger partial charge in [-0.3, -0.25) is 4.79 Å². The van der Waals surface area contributed by atoms with Crippen molar-refractivity contribution in [3.8, 4) is 5.75 Å². The maximum Gasteiger partial charge on any atom is 0.222 e. The van der Waals surface area contributed by atoms with Crippen LogP contribution in [0.25, 0.3) is 0 Å². The molecule has 2 N–H and O–H groups in total. The highest BCUT2D eigenvalue weighted by Crippen LogP contribution is 2.20. The number of hydrogen-bond acceptors (Lipinski definition) is 3. The molecule has 1 amide bonds. The fourth-order valence-electron chi connectivity index (χ4n) is 2.91. The molecule has 1 aliphatic heterocycles. The molecule has 1 fully saturated rings. The van der Waals surface area contributed by atoms with Crippen molar-refractivity contribution in [1.82, 2.24) is 4.90 Å². The van der Waals surface area contributed by atoms with E-state index in [4.69, 9.17) is 10.5 Å². The third-order valence-electron chi connectivity index (χ3n) is 4.46. The van der Waals surface area contributed by atoms with Crippen LogP contribution in [0.2, 0.25) is 0 Å². The molecule has 0 aliphatic carbocycles. The highest BCUT2D eigenvalue weighted by atomic mass is 16.5. The van der Waals surface area contributed by atoms with Gasteiger partial charge in [0.25, 0.3) is 0 Å². The number of methoxy groups -OCH3 is 1. The Labute approximate surface area is 127 Å². The Morgan fingerprint density at radius 3 is 2.71 bits per heavy atom. The monoisotopic (exact) mass is 290 g/mol. The highest BCUT2D eigenvalue weighted by Gasteiger charge is 2.27. The number of rotatable bonds is 5. The molecule has 0 bridgehead atoms. The quantitative estimate of drug-likeness (QED) is 0.904. The Morgan fingerprint density at radius 1 is 1.38 bits per heavy atom. The molecule has 0 saturated carbocycles. The summed E-state index contributed by atoms with van der Waals surface area (Å²) in [6.07, 6.45) is 3.32. The number of carbonyl (C=O) groups is 1. The van der Waals surface area contributed by atoms with Crippen LogP contribution in [0.5, 0.6) is 5.75 Å². The minimum Gasteiger partial charge on any atom is -0.497 e. The van der Waals surface area contributed by atoms with Gasteiger partial charge in [-0.05, 0) is 36.5 Å². The summed E-state index contributed by atoms with van der Waals surface area (Å²) in [6.45, 7) is 3.77. The second-order valence-electron chi connectivity index (χ2n) is 5.81. The maximum absolute atomic E-state index is 12.3. The standard InChI is InChI=1S/C17H26N2O2/c1-3-14-12-19(11-10-16(14)18)17(20)9-6-13-4-7-15(21-2)8-5-13/h4-5,7-8,14,16H,3,6,9-12,18H2,1-2H3. The number of nitrogens with two attached hydrogens (primary N) is 1. The van der Waals surface area contributed by atoms with Crippen LogP contribution >= 0.6 is 0 Å². The average molecular weight is 290 g/mol. The van der Waals surface area contributed by atoms with Gasteiger partial charge in [0.1, 0.15) is 5.75 Å². The van der Waals surface area contributed by atoms with Crippen LogP contribution in [0, 0.1) is 5.92 Å². The summed E-state index contributed by atoms with van der Waals surface area (Å²) in [5.41, 5.74) is 7.27. The van der Waals surface area contributed by atoms with E-state index in [1.54, 1.807) is 7.11 Å². The van der Waals surface area contributed by atoms with Crippen LogP contribution in [0.1, 0.15) is 31.7 Å². The second kappa shape index (κ2) is 7.46. The first-order valence-electron chi connectivity index (χ1n) is 7.80. The minimum atomic E-state index is 0.246. The molecule has 0 aromatic heterocycles. The van der Waals surface area contributed by atoms with E-state index in [2.05, 4.69) is 6.92 Å². The summed E-state index contributed by atoms with van der Waals surface area (Å²) >= 11 is 0. The minimum absolute atomic E-state index is 0.246. The number of benzene rings is 1. The summed E-state index contributed by atoms with van der Waals surface area (Å²) in [4.78, 5) is 14.3. The van der Waals surface area contributed by atoms with Crippen LogP contribution in [0.3, 0.4) is 0 Å². The lowest BCUT2D eigenvalue weighted by atomic mass is 9.90. The van der Waals surface area contributed by atoms with Gasteiger partial charge in [-0.1, -0.05) is 25.5 Å². The molecule has 1 aliphatic rings. The lowest BCUT2D eigenvalue weighted by molar-refractivity contribution is -0.133. The number of amides is 1. The number of likely N-dealkylation sites (tertiary alicyclic amines) is 1. The van der Waals surface area contributed by atoms with E-state index in [1.165, 1.54) is 5.56 Å². The second-order valence-corrected chi connectivity index (χ2v) is 5.81. The first-order chi connectivity index (χ1) is 10.1. The van der Waals surface area contributed by atoms with Crippen molar-refractivity contribution in [3.05, 3.63) is 29.8 Å². The normalized spacial score (nSPS) is 22.1. The Hall–Kier alpha value is -1.55. The van der Waals surface area contributed by atoms with Crippen molar-refractivity contribution < 1.29 is 9.53 Å². The van der Waals surface area contributed by atoms with E-state index in [1.807, 2.05) is 29.2 Å². The maximum atomic E-state index is 12.3. The lowest BCUT2D eigenvalue weighted by Gasteiger charge is -2.36. The van der Waals surface area contributed by atoms with Gasteiger partial charge >= 0.3 is 0 Å². The van der Waals surface area contributed by atoms with E-state index in [0.29, 0.717) is 12.3 Å². The number of aryl methyl sites for hydroxylation is 1. The van der Waals surface area contributed by atoms with E-state index in [9.17, 15) is 4.79 Å². The van der Waals surface area contributed by atoms with Gasteiger partial charge < -0.3 is 15.4 Å². The summed E-state index contributed by atoms with van der Waals surface area (Å²) in [7, 11) is 1.66. The lowest BCUT2D eigenvalue weighted by Crippen LogP contribution is -2.49. The first-order valence-corrected chi connectivity index (χ1v) is 7.80. The van der Waals surface area contributed by atoms with Crippen LogP contribution in [-0.2, 0) is 11.2 Å². The molecule has 0 radical (unpaired) electrons. The molecule has 21 heavy (non-hydrogen) atoms. The van der Waals surface area contributed by atoms with Crippen molar-refractivity contribution in [2.45, 2.75) is 38.6 Å². The van der Waals surface area contributed by atoms with Crippen LogP contribution in [0.4, 0.5) is 0 Å². The van der Waals surface area contributed by atoms with Crippen LogP contribution in [0.15, 0.2) is 24.3 Å². The summed E-state index contributed by atoms with van der Waals surface area (Å²) < 4.78 is 5.14. The number of ether oxygens (including phenoxy) is 1. The zero-order chi connectivity index (χ0) is 15.2. The van der Waals surface area contributed by atoms with Gasteiger partial charge in [0.05, 0.1) is 7.11 Å². The number of nitrogens with zero attached hydrogens (tertiary/aromatic N) is 1. The highest BCUT2D eigenvalue weighted by molar-refractivity contribution is 5.76. The van der Waals surface area contributed by atoms with Crippen molar-refractivity contribution in [3.63, 3.8) is 0 Å². The fourth-order valence-corrected chi connectivity index (χ4v) is 2.91. The molecule has 1 heterocycles. The van der Waals surface area contributed by atoms with E-state index in [0.717, 1.165) is 38.1 Å². The molecule has 4 nitrogen and oxygen atoms in total. The van der Waals surface area contributed by atoms with Gasteiger partial charge in [-0.2, -0.15) is 0 Å². The Balaban J connectivity index is 1.83. The van der Waals surface area contributed by atoms with Crippen LogP contribution < -0.4 is 10.5 Å². The zero-order valence-electron chi connectivity index (χ0n) is 13.0. The van der Waals surface area contributed by atoms with Crippen molar-refractivity contribution in [2.75, 3.05) is 20.2 Å². The molecule has 1 aromatic rings. The van der Waals surface area contributed by atoms with Crippen molar-refractivity contribution in [2.24, 2.45) is 11.7 Å². The Kier molecular flexibility index (Phi) is 5.62. The fraction of sp³-hybridized carbons (Fsp3) is 0.588. The number of carbonyl (C=O) groups excluding carboxylic acids is 1. The third kappa shape index (κ3) is 4.21. The smallest absolute Gasteiger partial charge is 0.222 e. The van der Waals surface area contributed by atoms with Gasteiger partial charge in [-0.25, -0.2) is 0 Å². The summed E-state index contributed by atoms with van der Waals surface area (Å²) in [5, 5.41) is 0. The third-order valence-corrected chi connectivity index (χ3v) is 4.46. The molecule has 0 spiro atoms. The summed E-state index contributed by atoms with van der Waals surface area (Å²) in [5.74, 6) is 1.54. The first kappa shape index (κ1) is 15.8. The topological polar surface area (TPSA) is 55.6 Å². The molecular weight excluding hydrogens is 264 g/mol. The molecule has 1 saturated heterocycles.